The number of methoxy groups -OCH3 is 1. The van der Waals surface area contributed by atoms with Crippen molar-refractivity contribution in [3.63, 3.8) is 0 Å². The van der Waals surface area contributed by atoms with Crippen LogP contribution in [0.3, 0.4) is 0 Å². The van der Waals surface area contributed by atoms with Gasteiger partial charge in [-0.1, -0.05) is 41.4 Å². The van der Waals surface area contributed by atoms with Crippen LogP contribution in [-0.2, 0) is 17.9 Å². The lowest BCUT2D eigenvalue weighted by Gasteiger charge is -2.14. The highest BCUT2D eigenvalue weighted by atomic mass is 35.5. The highest BCUT2D eigenvalue weighted by Gasteiger charge is 2.35. The maximum absolute atomic E-state index is 14.0. The highest BCUT2D eigenvalue weighted by Crippen LogP contribution is 2.36. The molecule has 0 unspecified atom stereocenters. The maximum Gasteiger partial charge on any atom is 0.293 e. The summed E-state index contributed by atoms with van der Waals surface area (Å²) in [5.41, 5.74) is 1.26. The van der Waals surface area contributed by atoms with Crippen molar-refractivity contribution in [3.8, 4) is 11.5 Å². The molecule has 3 aromatic carbocycles. The summed E-state index contributed by atoms with van der Waals surface area (Å²) in [5, 5.41) is -0.0846. The molecule has 5 nitrogen and oxygen atoms in total. The van der Waals surface area contributed by atoms with Crippen molar-refractivity contribution >= 4 is 52.2 Å². The van der Waals surface area contributed by atoms with Gasteiger partial charge in [0.05, 0.1) is 23.6 Å². The number of thioether (sulfide) groups is 1. The van der Waals surface area contributed by atoms with Crippen LogP contribution in [0.25, 0.3) is 6.08 Å². The van der Waals surface area contributed by atoms with Crippen LogP contribution in [0.1, 0.15) is 16.7 Å². The van der Waals surface area contributed by atoms with E-state index in [2.05, 4.69) is 0 Å². The van der Waals surface area contributed by atoms with Gasteiger partial charge in [0.1, 0.15) is 18.2 Å². The van der Waals surface area contributed by atoms with E-state index >= 15 is 0 Å². The smallest absolute Gasteiger partial charge is 0.293 e. The van der Waals surface area contributed by atoms with E-state index in [1.54, 1.807) is 30.3 Å². The van der Waals surface area contributed by atoms with Gasteiger partial charge in [0.15, 0.2) is 11.5 Å². The molecule has 0 N–H and O–H groups in total. The van der Waals surface area contributed by atoms with Crippen molar-refractivity contribution in [2.75, 3.05) is 7.11 Å². The molecular weight excluding hydrogens is 519 g/mol. The Hall–Kier alpha value is -3.07. The number of hydrogen-bond donors (Lipinski definition) is 0. The molecule has 1 aliphatic heterocycles. The molecule has 4 rings (SSSR count). The Morgan fingerprint density at radius 2 is 1.80 bits per heavy atom. The first kappa shape index (κ1) is 25.0. The molecule has 0 radical (unpaired) electrons. The van der Waals surface area contributed by atoms with Gasteiger partial charge >= 0.3 is 0 Å². The lowest BCUT2D eigenvalue weighted by Crippen LogP contribution is -2.27. The van der Waals surface area contributed by atoms with Crippen LogP contribution >= 0.6 is 35.0 Å². The molecule has 2 amide bonds. The average Bonchev–Trinajstić information content (AvgIpc) is 3.08. The van der Waals surface area contributed by atoms with E-state index in [1.807, 2.05) is 0 Å². The fourth-order valence-corrected chi connectivity index (χ4v) is 4.60. The standard InChI is InChI=1S/C25H17Cl2F2NO4S/c1-33-22-9-14(5-8-21(22)34-13-17-18(26)3-2-4-20(17)29)10-23-24(31)30(25(32)35-23)12-15-6-7-16(28)11-19(15)27/h2-11H,12-13H2,1H3/b23-10-. The molecule has 0 spiro atoms. The summed E-state index contributed by atoms with van der Waals surface area (Å²) in [4.78, 5) is 26.5. The van der Waals surface area contributed by atoms with E-state index in [9.17, 15) is 18.4 Å². The van der Waals surface area contributed by atoms with Crippen molar-refractivity contribution in [3.05, 3.63) is 97.9 Å². The van der Waals surface area contributed by atoms with E-state index in [1.165, 1.54) is 31.4 Å². The van der Waals surface area contributed by atoms with Crippen molar-refractivity contribution in [1.82, 2.24) is 4.90 Å². The lowest BCUT2D eigenvalue weighted by atomic mass is 10.1. The number of halogens is 4. The number of hydrogen-bond acceptors (Lipinski definition) is 5. The first-order chi connectivity index (χ1) is 16.8. The molecule has 0 atom stereocenters. The van der Waals surface area contributed by atoms with Crippen LogP contribution in [0.5, 0.6) is 11.5 Å². The fourth-order valence-electron chi connectivity index (χ4n) is 3.32. The maximum atomic E-state index is 14.0. The number of ether oxygens (including phenoxy) is 2. The number of benzene rings is 3. The van der Waals surface area contributed by atoms with Crippen LogP contribution in [-0.4, -0.2) is 23.2 Å². The molecule has 1 aliphatic rings. The Labute approximate surface area is 214 Å². The first-order valence-electron chi connectivity index (χ1n) is 10.2. The van der Waals surface area contributed by atoms with Gasteiger partial charge in [0.25, 0.3) is 11.1 Å². The number of amides is 2. The van der Waals surface area contributed by atoms with Gasteiger partial charge in [-0.2, -0.15) is 0 Å². The summed E-state index contributed by atoms with van der Waals surface area (Å²) >= 11 is 12.9. The average molecular weight is 536 g/mol. The van der Waals surface area contributed by atoms with E-state index in [-0.39, 0.29) is 33.7 Å². The molecule has 180 valence electrons. The van der Waals surface area contributed by atoms with Crippen LogP contribution in [0, 0.1) is 11.6 Å². The van der Waals surface area contributed by atoms with Gasteiger partial charge in [0.2, 0.25) is 0 Å². The normalized spacial score (nSPS) is 14.7. The SMILES string of the molecule is COc1cc(/C=C2\SC(=O)N(Cc3ccc(F)cc3Cl)C2=O)ccc1OCc1c(F)cccc1Cl. The summed E-state index contributed by atoms with van der Waals surface area (Å²) in [6, 6.07) is 13.1. The predicted molar refractivity (Wildman–Crippen MR) is 132 cm³/mol. The third kappa shape index (κ3) is 5.61. The van der Waals surface area contributed by atoms with Crippen molar-refractivity contribution < 1.29 is 27.8 Å². The van der Waals surface area contributed by atoms with Crippen LogP contribution in [0.15, 0.2) is 59.5 Å². The molecule has 10 heteroatoms. The zero-order chi connectivity index (χ0) is 25.1. The van der Waals surface area contributed by atoms with Gasteiger partial charge in [-0.25, -0.2) is 8.78 Å². The Bertz CT molecular complexity index is 1330. The zero-order valence-electron chi connectivity index (χ0n) is 18.2. The summed E-state index contributed by atoms with van der Waals surface area (Å²) < 4.78 is 38.4. The molecule has 1 saturated heterocycles. The van der Waals surface area contributed by atoms with Crippen LogP contribution < -0.4 is 9.47 Å². The summed E-state index contributed by atoms with van der Waals surface area (Å²) in [5.74, 6) is -0.780. The topological polar surface area (TPSA) is 55.8 Å². The molecule has 0 saturated carbocycles. The molecule has 0 aromatic heterocycles. The van der Waals surface area contributed by atoms with Gasteiger partial charge in [0, 0.05) is 10.6 Å². The Morgan fingerprint density at radius 3 is 2.51 bits per heavy atom. The third-order valence-corrected chi connectivity index (χ3v) is 6.75. The minimum Gasteiger partial charge on any atom is -0.493 e. The summed E-state index contributed by atoms with van der Waals surface area (Å²) in [6.07, 6.45) is 1.55. The van der Waals surface area contributed by atoms with Crippen molar-refractivity contribution in [2.24, 2.45) is 0 Å². The summed E-state index contributed by atoms with van der Waals surface area (Å²) in [7, 11) is 1.45. The molecule has 35 heavy (non-hydrogen) atoms. The second kappa shape index (κ2) is 10.7. The molecule has 1 heterocycles. The van der Waals surface area contributed by atoms with Crippen molar-refractivity contribution in [1.29, 1.82) is 0 Å². The van der Waals surface area contributed by atoms with E-state index in [4.69, 9.17) is 32.7 Å². The Balaban J connectivity index is 1.51. The predicted octanol–water partition coefficient (Wildman–Crippen LogP) is 7.10. The van der Waals surface area contributed by atoms with E-state index < -0.39 is 22.8 Å². The zero-order valence-corrected chi connectivity index (χ0v) is 20.5. The molecular formula is C25H17Cl2F2NO4S. The van der Waals surface area contributed by atoms with Gasteiger partial charge in [-0.3, -0.25) is 14.5 Å². The molecule has 1 fully saturated rings. The Kier molecular flexibility index (Phi) is 7.64. The first-order valence-corrected chi connectivity index (χ1v) is 11.8. The number of carbonyl (C=O) groups is 2. The van der Waals surface area contributed by atoms with E-state index in [0.717, 1.165) is 22.7 Å². The highest BCUT2D eigenvalue weighted by molar-refractivity contribution is 8.18. The number of carbonyl (C=O) groups excluding carboxylic acids is 2. The lowest BCUT2D eigenvalue weighted by molar-refractivity contribution is -0.123. The van der Waals surface area contributed by atoms with Crippen LogP contribution in [0.4, 0.5) is 13.6 Å². The Morgan fingerprint density at radius 1 is 1.00 bits per heavy atom. The quantitative estimate of drug-likeness (QED) is 0.302. The van der Waals surface area contributed by atoms with Gasteiger partial charge in [-0.15, -0.1) is 0 Å². The molecule has 0 bridgehead atoms. The van der Waals surface area contributed by atoms with Crippen LogP contribution in [0.2, 0.25) is 10.0 Å². The largest absolute Gasteiger partial charge is 0.493 e. The minimum absolute atomic E-state index is 0.0736. The van der Waals surface area contributed by atoms with E-state index in [0.29, 0.717) is 22.6 Å². The number of imide groups is 1. The van der Waals surface area contributed by atoms with Gasteiger partial charge < -0.3 is 9.47 Å². The number of rotatable bonds is 7. The number of nitrogens with zero attached hydrogens (tertiary/aromatic N) is 1. The second-order valence-electron chi connectivity index (χ2n) is 7.40. The second-order valence-corrected chi connectivity index (χ2v) is 9.21. The monoisotopic (exact) mass is 535 g/mol. The summed E-state index contributed by atoms with van der Waals surface area (Å²) in [6.45, 7) is -0.179. The fraction of sp³-hybridized carbons (Fsp3) is 0.120. The van der Waals surface area contributed by atoms with Gasteiger partial charge in [-0.05, 0) is 65.4 Å². The molecule has 3 aromatic rings. The van der Waals surface area contributed by atoms with Crippen molar-refractivity contribution in [2.45, 2.75) is 13.2 Å². The third-order valence-electron chi connectivity index (χ3n) is 5.14. The molecule has 0 aliphatic carbocycles. The minimum atomic E-state index is -0.508.